The summed E-state index contributed by atoms with van der Waals surface area (Å²) < 4.78 is 6.09. The molecule has 104 valence electrons. The quantitative estimate of drug-likeness (QED) is 0.578. The van der Waals surface area contributed by atoms with Gasteiger partial charge in [-0.25, -0.2) is 0 Å². The lowest BCUT2D eigenvalue weighted by molar-refractivity contribution is -0.0610. The van der Waals surface area contributed by atoms with Crippen molar-refractivity contribution in [2.45, 2.75) is 93.3 Å². The molecule has 0 aliphatic carbocycles. The normalized spacial score (nSPS) is 15.4. The molecule has 0 bridgehead atoms. The summed E-state index contributed by atoms with van der Waals surface area (Å²) >= 11 is 0. The van der Waals surface area contributed by atoms with Crippen molar-refractivity contribution in [2.75, 3.05) is 0 Å². The Morgan fingerprint density at radius 1 is 0.941 bits per heavy atom. The molecule has 0 aliphatic rings. The zero-order valence-corrected chi connectivity index (χ0v) is 13.4. The second-order valence-electron chi connectivity index (χ2n) is 7.49. The lowest BCUT2D eigenvalue weighted by Crippen LogP contribution is -2.33. The highest BCUT2D eigenvalue weighted by molar-refractivity contribution is 4.79. The third-order valence-electron chi connectivity index (χ3n) is 3.41. The fourth-order valence-corrected chi connectivity index (χ4v) is 2.36. The van der Waals surface area contributed by atoms with Crippen LogP contribution in [0.3, 0.4) is 0 Å². The van der Waals surface area contributed by atoms with E-state index in [1.165, 1.54) is 25.7 Å². The first-order valence-electron chi connectivity index (χ1n) is 7.24. The third kappa shape index (κ3) is 7.81. The lowest BCUT2D eigenvalue weighted by Gasteiger charge is -2.35. The Balaban J connectivity index is 4.36. The van der Waals surface area contributed by atoms with Crippen LogP contribution >= 0.6 is 0 Å². The van der Waals surface area contributed by atoms with E-state index < -0.39 is 0 Å². The minimum Gasteiger partial charge on any atom is -0.375 e. The van der Waals surface area contributed by atoms with Gasteiger partial charge in [-0.1, -0.05) is 48.0 Å². The van der Waals surface area contributed by atoms with E-state index in [4.69, 9.17) is 4.74 Å². The van der Waals surface area contributed by atoms with Gasteiger partial charge in [-0.3, -0.25) is 0 Å². The standard InChI is InChI=1S/C16H34O/c1-9-11-16(7,8)12-10-14(15(4,5)6)17-13(2)3/h13-14H,9-12H2,1-8H3. The van der Waals surface area contributed by atoms with E-state index in [9.17, 15) is 0 Å². The van der Waals surface area contributed by atoms with Gasteiger partial charge >= 0.3 is 0 Å². The number of ether oxygens (including phenoxy) is 1. The maximum absolute atomic E-state index is 6.09. The highest BCUT2D eigenvalue weighted by Crippen LogP contribution is 2.34. The second kappa shape index (κ2) is 6.78. The van der Waals surface area contributed by atoms with Crippen LogP contribution in [-0.2, 0) is 4.74 Å². The SMILES string of the molecule is CCCC(C)(C)CCC(OC(C)C)C(C)(C)C. The van der Waals surface area contributed by atoms with E-state index in [2.05, 4.69) is 55.4 Å². The van der Waals surface area contributed by atoms with Gasteiger partial charge in [0.05, 0.1) is 12.2 Å². The fraction of sp³-hybridized carbons (Fsp3) is 1.00. The average Bonchev–Trinajstić information content (AvgIpc) is 2.09. The molecule has 0 fully saturated rings. The van der Waals surface area contributed by atoms with E-state index in [0.717, 1.165) is 0 Å². The molecule has 0 amide bonds. The summed E-state index contributed by atoms with van der Waals surface area (Å²) in [5, 5.41) is 0. The van der Waals surface area contributed by atoms with Gasteiger partial charge in [0, 0.05) is 0 Å². The van der Waals surface area contributed by atoms with Crippen molar-refractivity contribution in [2.24, 2.45) is 10.8 Å². The van der Waals surface area contributed by atoms with Crippen molar-refractivity contribution in [3.8, 4) is 0 Å². The van der Waals surface area contributed by atoms with E-state index in [-0.39, 0.29) is 5.41 Å². The lowest BCUT2D eigenvalue weighted by atomic mass is 9.78. The van der Waals surface area contributed by atoms with E-state index >= 15 is 0 Å². The Bertz CT molecular complexity index is 198. The summed E-state index contributed by atoms with van der Waals surface area (Å²) in [5.41, 5.74) is 0.700. The number of rotatable bonds is 7. The second-order valence-corrected chi connectivity index (χ2v) is 7.49. The van der Waals surface area contributed by atoms with Gasteiger partial charge in [0.1, 0.15) is 0 Å². The summed E-state index contributed by atoms with van der Waals surface area (Å²) in [7, 11) is 0. The zero-order valence-electron chi connectivity index (χ0n) is 13.4. The molecule has 0 aliphatic heterocycles. The predicted octanol–water partition coefficient (Wildman–Crippen LogP) is 5.43. The van der Waals surface area contributed by atoms with Crippen molar-refractivity contribution in [1.82, 2.24) is 0 Å². The van der Waals surface area contributed by atoms with Crippen molar-refractivity contribution < 1.29 is 4.74 Å². The van der Waals surface area contributed by atoms with Crippen LogP contribution in [0.15, 0.2) is 0 Å². The molecular formula is C16H34O. The molecule has 17 heavy (non-hydrogen) atoms. The Hall–Kier alpha value is -0.0400. The largest absolute Gasteiger partial charge is 0.375 e. The van der Waals surface area contributed by atoms with Crippen LogP contribution in [0.5, 0.6) is 0 Å². The maximum Gasteiger partial charge on any atom is 0.0627 e. The molecule has 0 saturated heterocycles. The minimum atomic E-state index is 0.243. The first kappa shape index (κ1) is 17.0. The molecule has 1 nitrogen and oxygen atoms in total. The maximum atomic E-state index is 6.09. The van der Waals surface area contributed by atoms with E-state index in [1.54, 1.807) is 0 Å². The smallest absolute Gasteiger partial charge is 0.0627 e. The third-order valence-corrected chi connectivity index (χ3v) is 3.41. The van der Waals surface area contributed by atoms with Crippen LogP contribution in [0.25, 0.3) is 0 Å². The molecule has 1 atom stereocenters. The molecule has 0 saturated carbocycles. The number of hydrogen-bond acceptors (Lipinski definition) is 1. The van der Waals surface area contributed by atoms with Crippen LogP contribution < -0.4 is 0 Å². The molecule has 0 heterocycles. The van der Waals surface area contributed by atoms with Gasteiger partial charge in [0.25, 0.3) is 0 Å². The first-order valence-corrected chi connectivity index (χ1v) is 7.24. The molecule has 1 heteroatoms. The van der Waals surface area contributed by atoms with Crippen LogP contribution in [0, 0.1) is 10.8 Å². The number of hydrogen-bond donors (Lipinski definition) is 0. The van der Waals surface area contributed by atoms with Crippen molar-refractivity contribution in [3.63, 3.8) is 0 Å². The van der Waals surface area contributed by atoms with Gasteiger partial charge in [-0.05, 0) is 43.9 Å². The van der Waals surface area contributed by atoms with Crippen LogP contribution in [0.2, 0.25) is 0 Å². The van der Waals surface area contributed by atoms with Crippen LogP contribution in [0.1, 0.15) is 81.1 Å². The molecule has 0 radical (unpaired) electrons. The molecule has 0 aromatic carbocycles. The van der Waals surface area contributed by atoms with Gasteiger partial charge in [0.2, 0.25) is 0 Å². The van der Waals surface area contributed by atoms with Crippen LogP contribution in [-0.4, -0.2) is 12.2 Å². The first-order chi connectivity index (χ1) is 7.58. The Kier molecular flexibility index (Phi) is 6.76. The molecular weight excluding hydrogens is 208 g/mol. The van der Waals surface area contributed by atoms with Crippen molar-refractivity contribution in [3.05, 3.63) is 0 Å². The minimum absolute atomic E-state index is 0.243. The molecule has 0 rings (SSSR count). The summed E-state index contributed by atoms with van der Waals surface area (Å²) in [6, 6.07) is 0. The summed E-state index contributed by atoms with van der Waals surface area (Å²) in [6.45, 7) is 18.2. The van der Waals surface area contributed by atoms with Gasteiger partial charge in [-0.15, -0.1) is 0 Å². The monoisotopic (exact) mass is 242 g/mol. The van der Waals surface area contributed by atoms with E-state index in [1.807, 2.05) is 0 Å². The van der Waals surface area contributed by atoms with Crippen molar-refractivity contribution >= 4 is 0 Å². The topological polar surface area (TPSA) is 9.23 Å². The van der Waals surface area contributed by atoms with E-state index in [0.29, 0.717) is 17.6 Å². The predicted molar refractivity (Wildman–Crippen MR) is 77.4 cm³/mol. The molecule has 0 N–H and O–H groups in total. The molecule has 0 aromatic heterocycles. The van der Waals surface area contributed by atoms with Crippen molar-refractivity contribution in [1.29, 1.82) is 0 Å². The highest BCUT2D eigenvalue weighted by atomic mass is 16.5. The average molecular weight is 242 g/mol. The Morgan fingerprint density at radius 3 is 1.82 bits per heavy atom. The zero-order chi connectivity index (χ0) is 13.7. The van der Waals surface area contributed by atoms with Gasteiger partial charge in [-0.2, -0.15) is 0 Å². The molecule has 1 unspecified atom stereocenters. The Morgan fingerprint density at radius 2 is 1.47 bits per heavy atom. The fourth-order valence-electron chi connectivity index (χ4n) is 2.36. The van der Waals surface area contributed by atoms with Gasteiger partial charge in [0.15, 0.2) is 0 Å². The summed E-state index contributed by atoms with van der Waals surface area (Å²) in [6.07, 6.45) is 5.72. The molecule has 0 spiro atoms. The van der Waals surface area contributed by atoms with Crippen LogP contribution in [0.4, 0.5) is 0 Å². The summed E-state index contributed by atoms with van der Waals surface area (Å²) in [4.78, 5) is 0. The van der Waals surface area contributed by atoms with Gasteiger partial charge < -0.3 is 4.74 Å². The Labute approximate surface area is 109 Å². The highest BCUT2D eigenvalue weighted by Gasteiger charge is 2.28. The molecule has 0 aromatic rings. The summed E-state index contributed by atoms with van der Waals surface area (Å²) in [5.74, 6) is 0.